The molecular weight excluding hydrogens is 448 g/mol. The van der Waals surface area contributed by atoms with Gasteiger partial charge in [0.15, 0.2) is 0 Å². The molecule has 4 heteroatoms. The largest absolute Gasteiger partial charge is 0.494 e. The number of hydrogen-bond donors (Lipinski definition) is 0. The Morgan fingerprint density at radius 3 is 2.09 bits per heavy atom. The summed E-state index contributed by atoms with van der Waals surface area (Å²) < 4.78 is 5.96. The Labute approximate surface area is 212 Å². The van der Waals surface area contributed by atoms with Crippen molar-refractivity contribution in [1.29, 1.82) is 5.26 Å². The first-order valence-electron chi connectivity index (χ1n) is 11.9. The van der Waals surface area contributed by atoms with Gasteiger partial charge in [0.25, 0.3) is 0 Å². The summed E-state index contributed by atoms with van der Waals surface area (Å²) in [6.45, 7) is 7.24. The van der Waals surface area contributed by atoms with Gasteiger partial charge in [-0.05, 0) is 41.2 Å². The van der Waals surface area contributed by atoms with Gasteiger partial charge < -0.3 is 4.74 Å². The summed E-state index contributed by atoms with van der Waals surface area (Å²) in [5.41, 5.74) is 5.90. The fourth-order valence-corrected chi connectivity index (χ4v) is 4.72. The van der Waals surface area contributed by atoms with Crippen LogP contribution < -0.4 is 4.74 Å². The molecule has 0 aliphatic heterocycles. The third-order valence-corrected chi connectivity index (χ3v) is 6.83. The van der Waals surface area contributed by atoms with Gasteiger partial charge >= 0.3 is 0 Å². The molecule has 0 atom stereocenters. The first-order chi connectivity index (χ1) is 17.0. The fraction of sp³-hybridized carbons (Fsp3) is 0.226. The Morgan fingerprint density at radius 1 is 0.857 bits per heavy atom. The number of nitriles is 1. The monoisotopic (exact) mass is 478 g/mol. The van der Waals surface area contributed by atoms with Crippen LogP contribution in [0.1, 0.15) is 38.3 Å². The van der Waals surface area contributed by atoms with Crippen molar-refractivity contribution in [2.75, 3.05) is 12.4 Å². The molecule has 0 saturated carbocycles. The van der Waals surface area contributed by atoms with Crippen LogP contribution >= 0.6 is 11.8 Å². The molecule has 0 radical (unpaired) electrons. The molecule has 3 aromatic carbocycles. The molecule has 0 amide bonds. The lowest BCUT2D eigenvalue weighted by Gasteiger charge is -2.19. The molecule has 4 rings (SSSR count). The minimum absolute atomic E-state index is 0.132. The molecule has 0 spiro atoms. The van der Waals surface area contributed by atoms with Crippen LogP contribution in [0, 0.1) is 11.3 Å². The zero-order valence-electron chi connectivity index (χ0n) is 20.5. The molecular formula is C31H30N2OS. The molecule has 3 nitrogen and oxygen atoms in total. The van der Waals surface area contributed by atoms with Crippen molar-refractivity contribution in [2.45, 2.75) is 37.6 Å². The molecule has 0 aliphatic rings. The molecule has 176 valence electrons. The number of nitrogens with zero attached hydrogens (tertiary/aromatic N) is 2. The third-order valence-electron chi connectivity index (χ3n) is 5.77. The smallest absolute Gasteiger partial charge is 0.119 e. The zero-order valence-corrected chi connectivity index (χ0v) is 21.3. The maximum Gasteiger partial charge on any atom is 0.119 e. The van der Waals surface area contributed by atoms with Crippen LogP contribution in [0.15, 0.2) is 96.0 Å². The van der Waals surface area contributed by atoms with Crippen molar-refractivity contribution >= 4 is 11.8 Å². The summed E-state index contributed by atoms with van der Waals surface area (Å²) in [4.78, 5) is 4.89. The molecule has 35 heavy (non-hydrogen) atoms. The Morgan fingerprint density at radius 2 is 1.49 bits per heavy atom. The van der Waals surface area contributed by atoms with Crippen molar-refractivity contribution in [3.05, 3.63) is 102 Å². The summed E-state index contributed by atoms with van der Waals surface area (Å²) in [5, 5.41) is 10.8. The lowest BCUT2D eigenvalue weighted by Crippen LogP contribution is -2.10. The normalized spacial score (nSPS) is 11.1. The number of thioether (sulfide) groups is 1. The highest BCUT2D eigenvalue weighted by Crippen LogP contribution is 2.34. The molecule has 1 heterocycles. The van der Waals surface area contributed by atoms with E-state index in [4.69, 9.17) is 9.72 Å². The van der Waals surface area contributed by atoms with Gasteiger partial charge in [0.05, 0.1) is 17.9 Å². The van der Waals surface area contributed by atoms with E-state index in [1.54, 1.807) is 11.8 Å². The quantitative estimate of drug-likeness (QED) is 0.189. The van der Waals surface area contributed by atoms with Crippen molar-refractivity contribution in [3.63, 3.8) is 0 Å². The van der Waals surface area contributed by atoms with Crippen LogP contribution in [0.5, 0.6) is 5.75 Å². The number of pyridine rings is 1. The topological polar surface area (TPSA) is 45.9 Å². The van der Waals surface area contributed by atoms with Crippen LogP contribution in [-0.2, 0) is 5.41 Å². The molecule has 0 unspecified atom stereocenters. The Hall–Kier alpha value is -3.55. The number of aromatic nitrogens is 1. The van der Waals surface area contributed by atoms with E-state index < -0.39 is 0 Å². The standard InChI is InChI=1S/C31H30N2OS/c1-31(2,3)25-15-17-26(18-16-25)34-19-10-20-35-30-28(22-32)27(23-11-6-4-7-12-23)21-29(33-30)24-13-8-5-9-14-24/h4-9,11-18,21H,10,19-20H2,1-3H3. The summed E-state index contributed by atoms with van der Waals surface area (Å²) in [5.74, 6) is 1.70. The van der Waals surface area contributed by atoms with E-state index in [9.17, 15) is 5.26 Å². The van der Waals surface area contributed by atoms with Crippen molar-refractivity contribution in [1.82, 2.24) is 4.98 Å². The number of rotatable bonds is 8. The Kier molecular flexibility index (Phi) is 7.90. The molecule has 4 aromatic rings. The van der Waals surface area contributed by atoms with Crippen LogP contribution in [0.2, 0.25) is 0 Å². The van der Waals surface area contributed by atoms with Gasteiger partial charge in [-0.1, -0.05) is 93.6 Å². The number of hydrogen-bond acceptors (Lipinski definition) is 4. The van der Waals surface area contributed by atoms with Gasteiger partial charge in [0.2, 0.25) is 0 Å². The maximum atomic E-state index is 10.0. The molecule has 0 bridgehead atoms. The van der Waals surface area contributed by atoms with E-state index in [0.29, 0.717) is 12.2 Å². The summed E-state index contributed by atoms with van der Waals surface area (Å²) in [6.07, 6.45) is 0.856. The van der Waals surface area contributed by atoms with E-state index in [-0.39, 0.29) is 5.41 Å². The molecule has 0 fully saturated rings. The number of ether oxygens (including phenoxy) is 1. The second-order valence-corrected chi connectivity index (χ2v) is 10.5. The van der Waals surface area contributed by atoms with Gasteiger partial charge in [0.1, 0.15) is 16.8 Å². The highest BCUT2D eigenvalue weighted by atomic mass is 32.2. The van der Waals surface area contributed by atoms with E-state index in [0.717, 1.165) is 45.3 Å². The molecule has 0 N–H and O–H groups in total. The molecule has 0 saturated heterocycles. The Balaban J connectivity index is 1.48. The minimum atomic E-state index is 0.132. The first kappa shape index (κ1) is 24.6. The van der Waals surface area contributed by atoms with Gasteiger partial charge in [-0.25, -0.2) is 4.98 Å². The second-order valence-electron chi connectivity index (χ2n) is 9.40. The highest BCUT2D eigenvalue weighted by molar-refractivity contribution is 7.99. The average Bonchev–Trinajstić information content (AvgIpc) is 2.89. The highest BCUT2D eigenvalue weighted by Gasteiger charge is 2.16. The van der Waals surface area contributed by atoms with Crippen LogP contribution in [0.25, 0.3) is 22.4 Å². The first-order valence-corrected chi connectivity index (χ1v) is 12.9. The lowest BCUT2D eigenvalue weighted by atomic mass is 9.87. The predicted octanol–water partition coefficient (Wildman–Crippen LogP) is 8.15. The van der Waals surface area contributed by atoms with Gasteiger partial charge in [-0.15, -0.1) is 11.8 Å². The lowest BCUT2D eigenvalue weighted by molar-refractivity contribution is 0.318. The van der Waals surface area contributed by atoms with E-state index in [1.165, 1.54) is 5.56 Å². The summed E-state index contributed by atoms with van der Waals surface area (Å²) in [7, 11) is 0. The predicted molar refractivity (Wildman–Crippen MR) is 146 cm³/mol. The SMILES string of the molecule is CC(C)(C)c1ccc(OCCCSc2nc(-c3ccccc3)cc(-c3ccccc3)c2C#N)cc1. The number of benzene rings is 3. The third kappa shape index (κ3) is 6.32. The minimum Gasteiger partial charge on any atom is -0.494 e. The van der Waals surface area contributed by atoms with E-state index in [1.807, 2.05) is 66.7 Å². The Bertz CT molecular complexity index is 1290. The molecule has 0 aliphatic carbocycles. The van der Waals surface area contributed by atoms with Gasteiger partial charge in [-0.3, -0.25) is 0 Å². The summed E-state index contributed by atoms with van der Waals surface area (Å²) >= 11 is 1.62. The fourth-order valence-electron chi connectivity index (χ4n) is 3.81. The van der Waals surface area contributed by atoms with Crippen LogP contribution in [0.4, 0.5) is 0 Å². The second kappa shape index (κ2) is 11.3. The van der Waals surface area contributed by atoms with Gasteiger partial charge in [0, 0.05) is 16.9 Å². The van der Waals surface area contributed by atoms with Crippen molar-refractivity contribution in [3.8, 4) is 34.2 Å². The van der Waals surface area contributed by atoms with E-state index in [2.05, 4.69) is 51.1 Å². The summed E-state index contributed by atoms with van der Waals surface area (Å²) in [6, 6.07) is 33.0. The van der Waals surface area contributed by atoms with E-state index >= 15 is 0 Å². The van der Waals surface area contributed by atoms with Crippen LogP contribution in [-0.4, -0.2) is 17.3 Å². The van der Waals surface area contributed by atoms with Gasteiger partial charge in [-0.2, -0.15) is 5.26 Å². The van der Waals surface area contributed by atoms with Crippen molar-refractivity contribution < 1.29 is 4.74 Å². The average molecular weight is 479 g/mol. The maximum absolute atomic E-state index is 10.0. The zero-order chi connectivity index (χ0) is 24.7. The molecule has 1 aromatic heterocycles. The van der Waals surface area contributed by atoms with Crippen molar-refractivity contribution in [2.24, 2.45) is 0 Å². The van der Waals surface area contributed by atoms with Crippen LogP contribution in [0.3, 0.4) is 0 Å².